The number of hydrogen-bond acceptors (Lipinski definition) is 3. The fourth-order valence-corrected chi connectivity index (χ4v) is 2.71. The molecule has 0 spiro atoms. The third kappa shape index (κ3) is 3.17. The van der Waals surface area contributed by atoms with Crippen LogP contribution in [-0.4, -0.2) is 28.4 Å². The molecule has 1 amide bonds. The van der Waals surface area contributed by atoms with Gasteiger partial charge < -0.3 is 10.0 Å². The molecule has 4 nitrogen and oxygen atoms in total. The Morgan fingerprint density at radius 2 is 2.35 bits per heavy atom. The molecule has 1 aliphatic rings. The maximum atomic E-state index is 11.4. The molecule has 1 fully saturated rings. The lowest BCUT2D eigenvalue weighted by Crippen LogP contribution is -2.23. The second kappa shape index (κ2) is 5.14. The van der Waals surface area contributed by atoms with Crippen molar-refractivity contribution in [3.8, 4) is 0 Å². The molecule has 1 aliphatic heterocycles. The van der Waals surface area contributed by atoms with Gasteiger partial charge in [-0.05, 0) is 24.6 Å². The van der Waals surface area contributed by atoms with Crippen molar-refractivity contribution in [2.45, 2.75) is 19.4 Å². The van der Waals surface area contributed by atoms with Crippen LogP contribution < -0.4 is 0 Å². The summed E-state index contributed by atoms with van der Waals surface area (Å²) in [6.45, 7) is 1.47. The minimum absolute atomic E-state index is 0.209. The molecule has 0 aliphatic carbocycles. The zero-order valence-electron chi connectivity index (χ0n) is 9.26. The number of carboxylic acids is 1. The van der Waals surface area contributed by atoms with Crippen LogP contribution in [0.5, 0.6) is 0 Å². The molecule has 2 heterocycles. The molecule has 1 aromatic rings. The molecule has 0 aromatic carbocycles. The average molecular weight is 251 g/mol. The van der Waals surface area contributed by atoms with Gasteiger partial charge in [-0.2, -0.15) is 0 Å². The summed E-state index contributed by atoms with van der Waals surface area (Å²) in [4.78, 5) is 25.6. The van der Waals surface area contributed by atoms with Crippen LogP contribution in [-0.2, 0) is 16.1 Å². The molecule has 1 saturated heterocycles. The predicted octanol–water partition coefficient (Wildman–Crippen LogP) is 1.97. The smallest absolute Gasteiger partial charge is 0.328 e. The summed E-state index contributed by atoms with van der Waals surface area (Å²) in [7, 11) is 0. The van der Waals surface area contributed by atoms with Gasteiger partial charge in [0.15, 0.2) is 0 Å². The Balaban J connectivity index is 1.98. The number of hydrogen-bond donors (Lipinski definition) is 1. The van der Waals surface area contributed by atoms with Gasteiger partial charge in [-0.15, -0.1) is 11.3 Å². The highest BCUT2D eigenvalue weighted by Gasteiger charge is 2.20. The third-order valence-corrected chi connectivity index (χ3v) is 3.63. The van der Waals surface area contributed by atoms with E-state index in [1.165, 1.54) is 11.3 Å². The van der Waals surface area contributed by atoms with Gasteiger partial charge in [-0.3, -0.25) is 4.79 Å². The minimum atomic E-state index is -0.949. The van der Waals surface area contributed by atoms with Gasteiger partial charge in [0.05, 0.1) is 6.54 Å². The first-order valence-electron chi connectivity index (χ1n) is 5.42. The molecule has 0 unspecified atom stereocenters. The van der Waals surface area contributed by atoms with Crippen LogP contribution in [0.2, 0.25) is 0 Å². The van der Waals surface area contributed by atoms with Crippen molar-refractivity contribution >= 4 is 29.3 Å². The average Bonchev–Trinajstić information content (AvgIpc) is 2.87. The Kier molecular flexibility index (Phi) is 3.58. The SMILES string of the molecule is O=C(O)/C=C/c1ccc(CN2CCCC2=O)s1. The number of carbonyl (C=O) groups excluding carboxylic acids is 1. The summed E-state index contributed by atoms with van der Waals surface area (Å²) in [6.07, 6.45) is 4.28. The molecule has 1 aromatic heterocycles. The summed E-state index contributed by atoms with van der Waals surface area (Å²) in [5, 5.41) is 8.51. The van der Waals surface area contributed by atoms with Crippen LogP contribution in [0, 0.1) is 0 Å². The van der Waals surface area contributed by atoms with Crippen molar-refractivity contribution in [3.05, 3.63) is 28.0 Å². The van der Waals surface area contributed by atoms with Crippen molar-refractivity contribution < 1.29 is 14.7 Å². The summed E-state index contributed by atoms with van der Waals surface area (Å²) >= 11 is 1.52. The summed E-state index contributed by atoms with van der Waals surface area (Å²) in [5.74, 6) is -0.740. The fourth-order valence-electron chi connectivity index (χ4n) is 1.78. The Morgan fingerprint density at radius 1 is 1.53 bits per heavy atom. The third-order valence-electron chi connectivity index (χ3n) is 2.59. The monoisotopic (exact) mass is 251 g/mol. The Labute approximate surface area is 103 Å². The number of nitrogens with zero attached hydrogens (tertiary/aromatic N) is 1. The van der Waals surface area contributed by atoms with Crippen LogP contribution in [0.15, 0.2) is 18.2 Å². The molecule has 0 bridgehead atoms. The predicted molar refractivity (Wildman–Crippen MR) is 65.6 cm³/mol. The van der Waals surface area contributed by atoms with Crippen LogP contribution >= 0.6 is 11.3 Å². The van der Waals surface area contributed by atoms with E-state index in [4.69, 9.17) is 5.11 Å². The minimum Gasteiger partial charge on any atom is -0.478 e. The fraction of sp³-hybridized carbons (Fsp3) is 0.333. The first-order valence-corrected chi connectivity index (χ1v) is 6.24. The molecule has 90 valence electrons. The quantitative estimate of drug-likeness (QED) is 0.832. The van der Waals surface area contributed by atoms with Gasteiger partial charge in [0.1, 0.15) is 0 Å². The largest absolute Gasteiger partial charge is 0.478 e. The molecule has 0 atom stereocenters. The topological polar surface area (TPSA) is 57.6 Å². The van der Waals surface area contributed by atoms with Crippen LogP contribution in [0.4, 0.5) is 0 Å². The van der Waals surface area contributed by atoms with E-state index in [-0.39, 0.29) is 5.91 Å². The number of carbonyl (C=O) groups is 2. The Bertz CT molecular complexity index is 464. The molecule has 1 N–H and O–H groups in total. The molecule has 0 saturated carbocycles. The van der Waals surface area contributed by atoms with Gasteiger partial charge in [0.2, 0.25) is 5.91 Å². The first kappa shape index (κ1) is 11.9. The van der Waals surface area contributed by atoms with E-state index >= 15 is 0 Å². The van der Waals surface area contributed by atoms with Crippen molar-refractivity contribution in [3.63, 3.8) is 0 Å². The maximum absolute atomic E-state index is 11.4. The zero-order chi connectivity index (χ0) is 12.3. The van der Waals surface area contributed by atoms with Gasteiger partial charge in [0, 0.05) is 28.8 Å². The Morgan fingerprint density at radius 3 is 3.00 bits per heavy atom. The van der Waals surface area contributed by atoms with Gasteiger partial charge in [-0.1, -0.05) is 0 Å². The summed E-state index contributed by atoms with van der Waals surface area (Å²) < 4.78 is 0. The molecule has 0 radical (unpaired) electrons. The second-order valence-electron chi connectivity index (χ2n) is 3.89. The van der Waals surface area contributed by atoms with Crippen LogP contribution in [0.1, 0.15) is 22.6 Å². The molecular formula is C12H13NO3S. The highest BCUT2D eigenvalue weighted by molar-refractivity contribution is 7.12. The van der Waals surface area contributed by atoms with E-state index < -0.39 is 5.97 Å². The van der Waals surface area contributed by atoms with Gasteiger partial charge in [0.25, 0.3) is 0 Å². The number of carboxylic acid groups (broad SMARTS) is 1. The van der Waals surface area contributed by atoms with Gasteiger partial charge >= 0.3 is 5.97 Å². The number of likely N-dealkylation sites (tertiary alicyclic amines) is 1. The van der Waals surface area contributed by atoms with E-state index in [1.807, 2.05) is 17.0 Å². The number of aliphatic carboxylic acids is 1. The lowest BCUT2D eigenvalue weighted by molar-refractivity contribution is -0.131. The van der Waals surface area contributed by atoms with E-state index in [1.54, 1.807) is 6.08 Å². The zero-order valence-corrected chi connectivity index (χ0v) is 10.1. The Hall–Kier alpha value is -1.62. The van der Waals surface area contributed by atoms with Crippen molar-refractivity contribution in [2.24, 2.45) is 0 Å². The highest BCUT2D eigenvalue weighted by atomic mass is 32.1. The number of thiophene rings is 1. The molecule has 17 heavy (non-hydrogen) atoms. The molecule has 5 heteroatoms. The first-order chi connectivity index (χ1) is 8.15. The summed E-state index contributed by atoms with van der Waals surface area (Å²) in [5.41, 5.74) is 0. The van der Waals surface area contributed by atoms with Gasteiger partial charge in [-0.25, -0.2) is 4.79 Å². The lowest BCUT2D eigenvalue weighted by atomic mass is 10.4. The van der Waals surface area contributed by atoms with E-state index in [0.29, 0.717) is 13.0 Å². The second-order valence-corrected chi connectivity index (χ2v) is 5.09. The maximum Gasteiger partial charge on any atom is 0.328 e. The normalized spacial score (nSPS) is 16.0. The lowest BCUT2D eigenvalue weighted by Gasteiger charge is -2.13. The van der Waals surface area contributed by atoms with E-state index in [0.717, 1.165) is 28.8 Å². The highest BCUT2D eigenvalue weighted by Crippen LogP contribution is 2.22. The molecule has 2 rings (SSSR count). The van der Waals surface area contributed by atoms with Crippen LogP contribution in [0.25, 0.3) is 6.08 Å². The van der Waals surface area contributed by atoms with Crippen molar-refractivity contribution in [1.29, 1.82) is 0 Å². The number of amides is 1. The van der Waals surface area contributed by atoms with Crippen molar-refractivity contribution in [1.82, 2.24) is 4.90 Å². The van der Waals surface area contributed by atoms with E-state index in [9.17, 15) is 9.59 Å². The standard InChI is InChI=1S/C12H13NO3S/c14-11-2-1-7-13(11)8-10-4-3-9(17-10)5-6-12(15)16/h3-6H,1-2,7-8H2,(H,15,16)/b6-5+. The van der Waals surface area contributed by atoms with E-state index in [2.05, 4.69) is 0 Å². The molecular weight excluding hydrogens is 238 g/mol. The summed E-state index contributed by atoms with van der Waals surface area (Å²) in [6, 6.07) is 3.82. The van der Waals surface area contributed by atoms with Crippen molar-refractivity contribution in [2.75, 3.05) is 6.54 Å². The van der Waals surface area contributed by atoms with Crippen LogP contribution in [0.3, 0.4) is 0 Å². The number of rotatable bonds is 4.